The number of β-amino-alcohol motifs (C(OH)–C–C–N with tert-alkyl or cyclic N) is 1. The Morgan fingerprint density at radius 2 is 2.15 bits per heavy atom. The van der Waals surface area contributed by atoms with E-state index in [2.05, 4.69) is 15.3 Å². The standard InChI is InChI=1S/C19H24N4O3/c1-14-4-5-16(26-2)15(10-14)11-17(24)22-12-19(25)6-9-23(13-19)18-20-7-3-8-21-18/h3-5,7-8,10,25H,6,9,11-13H2,1-2H3,(H,22,24). The van der Waals surface area contributed by atoms with Crippen molar-refractivity contribution in [2.75, 3.05) is 31.6 Å². The van der Waals surface area contributed by atoms with Crippen LogP contribution >= 0.6 is 0 Å². The maximum absolute atomic E-state index is 12.3. The van der Waals surface area contributed by atoms with Crippen molar-refractivity contribution in [1.82, 2.24) is 15.3 Å². The Labute approximate surface area is 153 Å². The number of aryl methyl sites for hydroxylation is 1. The number of methoxy groups -OCH3 is 1. The van der Waals surface area contributed by atoms with Crippen LogP contribution in [-0.2, 0) is 11.2 Å². The molecule has 2 N–H and O–H groups in total. The van der Waals surface area contributed by atoms with Gasteiger partial charge >= 0.3 is 0 Å². The lowest BCUT2D eigenvalue weighted by Crippen LogP contribution is -2.45. The summed E-state index contributed by atoms with van der Waals surface area (Å²) in [5.41, 5.74) is 0.926. The number of anilines is 1. The lowest BCUT2D eigenvalue weighted by Gasteiger charge is -2.23. The van der Waals surface area contributed by atoms with E-state index < -0.39 is 5.60 Å². The zero-order chi connectivity index (χ0) is 18.6. The van der Waals surface area contributed by atoms with Crippen LogP contribution in [0.1, 0.15) is 17.5 Å². The normalized spacial score (nSPS) is 19.4. The minimum absolute atomic E-state index is 0.142. The van der Waals surface area contributed by atoms with Crippen LogP contribution < -0.4 is 15.0 Å². The number of nitrogens with one attached hydrogen (secondary N) is 1. The van der Waals surface area contributed by atoms with Crippen molar-refractivity contribution < 1.29 is 14.6 Å². The molecule has 138 valence electrons. The predicted octanol–water partition coefficient (Wildman–Crippen LogP) is 1.09. The van der Waals surface area contributed by atoms with Crippen LogP contribution in [0.5, 0.6) is 5.75 Å². The van der Waals surface area contributed by atoms with Gasteiger partial charge in [0.15, 0.2) is 0 Å². The molecule has 0 spiro atoms. The number of aromatic nitrogens is 2. The molecule has 0 radical (unpaired) electrons. The van der Waals surface area contributed by atoms with E-state index >= 15 is 0 Å². The van der Waals surface area contributed by atoms with Gasteiger partial charge < -0.3 is 20.1 Å². The van der Waals surface area contributed by atoms with Gasteiger partial charge in [-0.25, -0.2) is 9.97 Å². The Morgan fingerprint density at radius 3 is 2.88 bits per heavy atom. The average Bonchev–Trinajstić information content (AvgIpc) is 3.04. The van der Waals surface area contributed by atoms with Crippen LogP contribution in [0.15, 0.2) is 36.7 Å². The summed E-state index contributed by atoms with van der Waals surface area (Å²) < 4.78 is 5.31. The Kier molecular flexibility index (Phi) is 5.37. The first-order chi connectivity index (χ1) is 12.5. The summed E-state index contributed by atoms with van der Waals surface area (Å²) in [6.07, 6.45) is 4.12. The summed E-state index contributed by atoms with van der Waals surface area (Å²) in [7, 11) is 1.59. The van der Waals surface area contributed by atoms with Crippen molar-refractivity contribution in [2.24, 2.45) is 0 Å². The molecule has 26 heavy (non-hydrogen) atoms. The van der Waals surface area contributed by atoms with E-state index in [1.165, 1.54) is 0 Å². The van der Waals surface area contributed by atoms with Crippen molar-refractivity contribution in [3.8, 4) is 5.75 Å². The molecular weight excluding hydrogens is 332 g/mol. The summed E-state index contributed by atoms with van der Waals surface area (Å²) in [5, 5.41) is 13.6. The summed E-state index contributed by atoms with van der Waals surface area (Å²) in [6.45, 7) is 3.22. The van der Waals surface area contributed by atoms with Gasteiger partial charge in [0.1, 0.15) is 11.4 Å². The molecule has 2 aromatic rings. The number of benzene rings is 1. The Balaban J connectivity index is 1.55. The van der Waals surface area contributed by atoms with Gasteiger partial charge in [-0.1, -0.05) is 17.7 Å². The second kappa shape index (κ2) is 7.70. The summed E-state index contributed by atoms with van der Waals surface area (Å²) in [5.74, 6) is 1.15. The minimum atomic E-state index is -0.981. The third kappa shape index (κ3) is 4.29. The first-order valence-electron chi connectivity index (χ1n) is 8.64. The molecule has 1 aromatic carbocycles. The lowest BCUT2D eigenvalue weighted by atomic mass is 10.0. The molecule has 1 saturated heterocycles. The molecule has 1 aromatic heterocycles. The molecule has 1 aliphatic heterocycles. The topological polar surface area (TPSA) is 87.6 Å². The van der Waals surface area contributed by atoms with E-state index in [0.29, 0.717) is 31.2 Å². The van der Waals surface area contributed by atoms with E-state index in [9.17, 15) is 9.90 Å². The second-order valence-electron chi connectivity index (χ2n) is 6.71. The van der Waals surface area contributed by atoms with Crippen molar-refractivity contribution in [3.63, 3.8) is 0 Å². The predicted molar refractivity (Wildman–Crippen MR) is 98.3 cm³/mol. The maximum atomic E-state index is 12.3. The van der Waals surface area contributed by atoms with Crippen LogP contribution in [0, 0.1) is 6.92 Å². The Bertz CT molecular complexity index is 769. The van der Waals surface area contributed by atoms with Gasteiger partial charge in [0.05, 0.1) is 20.1 Å². The smallest absolute Gasteiger partial charge is 0.225 e. The second-order valence-corrected chi connectivity index (χ2v) is 6.71. The van der Waals surface area contributed by atoms with Crippen molar-refractivity contribution >= 4 is 11.9 Å². The molecule has 0 aliphatic carbocycles. The van der Waals surface area contributed by atoms with Gasteiger partial charge in [0.2, 0.25) is 11.9 Å². The maximum Gasteiger partial charge on any atom is 0.225 e. The van der Waals surface area contributed by atoms with Crippen molar-refractivity contribution in [1.29, 1.82) is 0 Å². The fourth-order valence-corrected chi connectivity index (χ4v) is 3.17. The molecule has 3 rings (SSSR count). The molecular formula is C19H24N4O3. The molecule has 0 bridgehead atoms. The zero-order valence-electron chi connectivity index (χ0n) is 15.1. The molecule has 7 nitrogen and oxygen atoms in total. The SMILES string of the molecule is COc1ccc(C)cc1CC(=O)NCC1(O)CCN(c2ncccn2)C1. The molecule has 1 fully saturated rings. The monoisotopic (exact) mass is 356 g/mol. The minimum Gasteiger partial charge on any atom is -0.496 e. The highest BCUT2D eigenvalue weighted by Gasteiger charge is 2.37. The van der Waals surface area contributed by atoms with Crippen LogP contribution in [0.25, 0.3) is 0 Å². The number of nitrogens with zero attached hydrogens (tertiary/aromatic N) is 3. The fraction of sp³-hybridized carbons (Fsp3) is 0.421. The number of carbonyl (C=O) groups excluding carboxylic acids is 1. The van der Waals surface area contributed by atoms with E-state index in [1.807, 2.05) is 30.0 Å². The van der Waals surface area contributed by atoms with Gasteiger partial charge in [-0.3, -0.25) is 4.79 Å². The van der Waals surface area contributed by atoms with Crippen molar-refractivity contribution in [2.45, 2.75) is 25.4 Å². The number of ether oxygens (including phenoxy) is 1. The number of hydrogen-bond acceptors (Lipinski definition) is 6. The molecule has 0 saturated carbocycles. The van der Waals surface area contributed by atoms with Gasteiger partial charge in [-0.05, 0) is 25.5 Å². The number of rotatable bonds is 6. The number of aliphatic hydroxyl groups is 1. The fourth-order valence-electron chi connectivity index (χ4n) is 3.17. The van der Waals surface area contributed by atoms with E-state index in [0.717, 1.165) is 11.1 Å². The van der Waals surface area contributed by atoms with Gasteiger partial charge in [0.25, 0.3) is 0 Å². The molecule has 1 atom stereocenters. The van der Waals surface area contributed by atoms with E-state index in [4.69, 9.17) is 4.74 Å². The first-order valence-corrected chi connectivity index (χ1v) is 8.64. The van der Waals surface area contributed by atoms with E-state index in [1.54, 1.807) is 25.6 Å². The third-order valence-corrected chi connectivity index (χ3v) is 4.57. The average molecular weight is 356 g/mol. The van der Waals surface area contributed by atoms with Crippen LogP contribution in [-0.4, -0.2) is 53.3 Å². The summed E-state index contributed by atoms with van der Waals surface area (Å²) in [6, 6.07) is 7.50. The molecule has 2 heterocycles. The lowest BCUT2D eigenvalue weighted by molar-refractivity contribution is -0.121. The van der Waals surface area contributed by atoms with Gasteiger partial charge in [-0.2, -0.15) is 0 Å². The van der Waals surface area contributed by atoms with Crippen LogP contribution in [0.2, 0.25) is 0 Å². The van der Waals surface area contributed by atoms with Crippen LogP contribution in [0.3, 0.4) is 0 Å². The molecule has 1 unspecified atom stereocenters. The van der Waals surface area contributed by atoms with Crippen molar-refractivity contribution in [3.05, 3.63) is 47.8 Å². The summed E-state index contributed by atoms with van der Waals surface area (Å²) in [4.78, 5) is 22.7. The molecule has 1 aliphatic rings. The molecule has 1 amide bonds. The Hall–Kier alpha value is -2.67. The molecule has 7 heteroatoms. The van der Waals surface area contributed by atoms with Gasteiger partial charge in [-0.15, -0.1) is 0 Å². The van der Waals surface area contributed by atoms with E-state index in [-0.39, 0.29) is 18.9 Å². The zero-order valence-corrected chi connectivity index (χ0v) is 15.1. The van der Waals surface area contributed by atoms with Gasteiger partial charge in [0, 0.05) is 31.0 Å². The Morgan fingerprint density at radius 1 is 1.38 bits per heavy atom. The highest BCUT2D eigenvalue weighted by molar-refractivity contribution is 5.79. The number of carbonyl (C=O) groups is 1. The quantitative estimate of drug-likeness (QED) is 0.806. The third-order valence-electron chi connectivity index (χ3n) is 4.57. The first kappa shape index (κ1) is 18.1. The number of amides is 1. The summed E-state index contributed by atoms with van der Waals surface area (Å²) >= 11 is 0. The highest BCUT2D eigenvalue weighted by Crippen LogP contribution is 2.24. The highest BCUT2D eigenvalue weighted by atomic mass is 16.5. The largest absolute Gasteiger partial charge is 0.496 e. The van der Waals surface area contributed by atoms with Crippen LogP contribution in [0.4, 0.5) is 5.95 Å². The number of hydrogen-bond donors (Lipinski definition) is 2.